The van der Waals surface area contributed by atoms with Crippen LogP contribution in [0.15, 0.2) is 22.7 Å². The number of hydrogen-bond acceptors (Lipinski definition) is 3. The van der Waals surface area contributed by atoms with Gasteiger partial charge >= 0.3 is 5.97 Å². The molecular weight excluding hydrogens is 328 g/mol. The Morgan fingerprint density at radius 2 is 2.26 bits per heavy atom. The average molecular weight is 345 g/mol. The van der Waals surface area contributed by atoms with Gasteiger partial charge in [0.25, 0.3) is 0 Å². The summed E-state index contributed by atoms with van der Waals surface area (Å²) < 4.78 is 6.37. The number of thioether (sulfide) groups is 1. The van der Waals surface area contributed by atoms with E-state index in [1.807, 2.05) is 12.1 Å². The van der Waals surface area contributed by atoms with E-state index in [0.717, 1.165) is 40.1 Å². The van der Waals surface area contributed by atoms with Crippen molar-refractivity contribution in [1.82, 2.24) is 0 Å². The molecule has 0 unspecified atom stereocenters. The second-order valence-electron chi connectivity index (χ2n) is 5.02. The van der Waals surface area contributed by atoms with Gasteiger partial charge in [-0.25, -0.2) is 0 Å². The highest BCUT2D eigenvalue weighted by molar-refractivity contribution is 9.10. The number of carboxylic acid groups (broad SMARTS) is 1. The third-order valence-electron chi connectivity index (χ3n) is 3.39. The van der Waals surface area contributed by atoms with Gasteiger partial charge in [0.2, 0.25) is 0 Å². The first-order valence-corrected chi connectivity index (χ1v) is 8.11. The SMILES string of the molecule is COc1ccc(Br)cc1CSCC1(CC(=O)O)CC1. The Bertz CT molecular complexity index is 472. The van der Waals surface area contributed by atoms with Crippen LogP contribution in [-0.2, 0) is 10.5 Å². The lowest BCUT2D eigenvalue weighted by Gasteiger charge is -2.13. The second kappa shape index (κ2) is 6.18. The maximum atomic E-state index is 10.8. The highest BCUT2D eigenvalue weighted by Crippen LogP contribution is 2.51. The normalized spacial score (nSPS) is 16.1. The second-order valence-corrected chi connectivity index (χ2v) is 6.92. The maximum Gasteiger partial charge on any atom is 0.303 e. The van der Waals surface area contributed by atoms with Crippen LogP contribution in [0.5, 0.6) is 5.75 Å². The van der Waals surface area contributed by atoms with Crippen molar-refractivity contribution in [2.45, 2.75) is 25.0 Å². The highest BCUT2D eigenvalue weighted by atomic mass is 79.9. The van der Waals surface area contributed by atoms with Gasteiger partial charge in [-0.05, 0) is 42.2 Å². The van der Waals surface area contributed by atoms with E-state index in [0.29, 0.717) is 6.42 Å². The van der Waals surface area contributed by atoms with Crippen molar-refractivity contribution in [3.63, 3.8) is 0 Å². The van der Waals surface area contributed by atoms with Crippen LogP contribution in [0.4, 0.5) is 0 Å². The molecule has 0 amide bonds. The van der Waals surface area contributed by atoms with Crippen molar-refractivity contribution >= 4 is 33.7 Å². The molecule has 19 heavy (non-hydrogen) atoms. The van der Waals surface area contributed by atoms with Crippen LogP contribution in [0.2, 0.25) is 0 Å². The van der Waals surface area contributed by atoms with Crippen LogP contribution in [0.3, 0.4) is 0 Å². The minimum atomic E-state index is -0.682. The van der Waals surface area contributed by atoms with E-state index in [-0.39, 0.29) is 5.41 Å². The number of carboxylic acids is 1. The van der Waals surface area contributed by atoms with Gasteiger partial charge < -0.3 is 9.84 Å². The van der Waals surface area contributed by atoms with E-state index < -0.39 is 5.97 Å². The zero-order chi connectivity index (χ0) is 13.9. The molecule has 0 aromatic heterocycles. The van der Waals surface area contributed by atoms with Gasteiger partial charge in [0.1, 0.15) is 5.75 Å². The van der Waals surface area contributed by atoms with Crippen molar-refractivity contribution < 1.29 is 14.6 Å². The fourth-order valence-electron chi connectivity index (χ4n) is 2.11. The quantitative estimate of drug-likeness (QED) is 0.813. The molecule has 1 N–H and O–H groups in total. The predicted molar refractivity (Wildman–Crippen MR) is 80.8 cm³/mol. The van der Waals surface area contributed by atoms with Crippen LogP contribution in [0.25, 0.3) is 0 Å². The molecule has 1 aliphatic carbocycles. The first-order chi connectivity index (χ1) is 9.04. The smallest absolute Gasteiger partial charge is 0.303 e. The molecule has 0 bridgehead atoms. The number of carbonyl (C=O) groups is 1. The van der Waals surface area contributed by atoms with Gasteiger partial charge in [0.15, 0.2) is 0 Å². The molecule has 2 rings (SSSR count). The van der Waals surface area contributed by atoms with Crippen LogP contribution < -0.4 is 4.74 Å². The van der Waals surface area contributed by atoms with Gasteiger partial charge in [-0.3, -0.25) is 4.79 Å². The summed E-state index contributed by atoms with van der Waals surface area (Å²) in [5, 5.41) is 8.89. The Labute approximate surface area is 125 Å². The summed E-state index contributed by atoms with van der Waals surface area (Å²) in [5.41, 5.74) is 1.20. The monoisotopic (exact) mass is 344 g/mol. The number of benzene rings is 1. The fourth-order valence-corrected chi connectivity index (χ4v) is 3.89. The molecule has 0 spiro atoms. The van der Waals surface area contributed by atoms with E-state index in [2.05, 4.69) is 22.0 Å². The standard InChI is InChI=1S/C14H17BrO3S/c1-18-12-3-2-11(15)6-10(12)8-19-9-14(4-5-14)7-13(16)17/h2-3,6H,4-5,7-9H2,1H3,(H,16,17). The summed E-state index contributed by atoms with van der Waals surface area (Å²) in [6, 6.07) is 5.96. The first-order valence-electron chi connectivity index (χ1n) is 6.17. The van der Waals surface area contributed by atoms with E-state index in [1.165, 1.54) is 0 Å². The van der Waals surface area contributed by atoms with Gasteiger partial charge in [-0.1, -0.05) is 15.9 Å². The van der Waals surface area contributed by atoms with Crippen molar-refractivity contribution in [2.75, 3.05) is 12.9 Å². The van der Waals surface area contributed by atoms with Crippen molar-refractivity contribution in [3.05, 3.63) is 28.2 Å². The molecule has 0 heterocycles. The number of rotatable bonds is 7. The van der Waals surface area contributed by atoms with Gasteiger partial charge in [0, 0.05) is 15.8 Å². The molecule has 1 aromatic carbocycles. The van der Waals surface area contributed by atoms with E-state index in [1.54, 1.807) is 18.9 Å². The maximum absolute atomic E-state index is 10.8. The summed E-state index contributed by atoms with van der Waals surface area (Å²) in [5.74, 6) is 1.97. The summed E-state index contributed by atoms with van der Waals surface area (Å²) in [4.78, 5) is 10.8. The number of hydrogen-bond donors (Lipinski definition) is 1. The van der Waals surface area contributed by atoms with Gasteiger partial charge in [0.05, 0.1) is 13.5 Å². The lowest BCUT2D eigenvalue weighted by molar-refractivity contribution is -0.138. The van der Waals surface area contributed by atoms with E-state index in [9.17, 15) is 4.79 Å². The number of methoxy groups -OCH3 is 1. The highest BCUT2D eigenvalue weighted by Gasteiger charge is 2.44. The third kappa shape index (κ3) is 4.14. The van der Waals surface area contributed by atoms with Gasteiger partial charge in [-0.2, -0.15) is 11.8 Å². The fraction of sp³-hybridized carbons (Fsp3) is 0.500. The van der Waals surface area contributed by atoms with E-state index in [4.69, 9.17) is 9.84 Å². The molecule has 0 saturated heterocycles. The molecule has 3 nitrogen and oxygen atoms in total. The predicted octanol–water partition coefficient (Wildman–Crippen LogP) is 3.95. The molecule has 1 aliphatic rings. The minimum absolute atomic E-state index is 0.0513. The van der Waals surface area contributed by atoms with Crippen molar-refractivity contribution in [3.8, 4) is 5.75 Å². The largest absolute Gasteiger partial charge is 0.496 e. The Hall–Kier alpha value is -0.680. The van der Waals surface area contributed by atoms with Crippen molar-refractivity contribution in [2.24, 2.45) is 5.41 Å². The zero-order valence-electron chi connectivity index (χ0n) is 10.8. The van der Waals surface area contributed by atoms with E-state index >= 15 is 0 Å². The summed E-state index contributed by atoms with van der Waals surface area (Å²) >= 11 is 5.25. The first kappa shape index (κ1) is 14.7. The Morgan fingerprint density at radius 1 is 1.53 bits per heavy atom. The molecule has 0 atom stereocenters. The molecule has 0 aliphatic heterocycles. The molecule has 0 radical (unpaired) electrons. The Balaban J connectivity index is 1.89. The summed E-state index contributed by atoms with van der Waals surface area (Å²) in [6.07, 6.45) is 2.39. The number of ether oxygens (including phenoxy) is 1. The van der Waals surface area contributed by atoms with Gasteiger partial charge in [-0.15, -0.1) is 0 Å². The lowest BCUT2D eigenvalue weighted by atomic mass is 10.1. The summed E-state index contributed by atoms with van der Waals surface area (Å²) in [6.45, 7) is 0. The topological polar surface area (TPSA) is 46.5 Å². The van der Waals surface area contributed by atoms with Crippen molar-refractivity contribution in [1.29, 1.82) is 0 Å². The zero-order valence-corrected chi connectivity index (χ0v) is 13.2. The van der Waals surface area contributed by atoms with Crippen LogP contribution in [0, 0.1) is 5.41 Å². The molecule has 1 aromatic rings. The number of halogens is 1. The summed E-state index contributed by atoms with van der Waals surface area (Å²) in [7, 11) is 1.67. The Kier molecular flexibility index (Phi) is 4.79. The molecule has 104 valence electrons. The van der Waals surface area contributed by atoms with Crippen LogP contribution in [0.1, 0.15) is 24.8 Å². The third-order valence-corrected chi connectivity index (χ3v) is 5.22. The lowest BCUT2D eigenvalue weighted by Crippen LogP contribution is -2.11. The Morgan fingerprint density at radius 3 is 2.84 bits per heavy atom. The van der Waals surface area contributed by atoms with Crippen LogP contribution >= 0.6 is 27.7 Å². The molecule has 1 saturated carbocycles. The molecular formula is C14H17BrO3S. The number of aliphatic carboxylic acids is 1. The minimum Gasteiger partial charge on any atom is -0.496 e. The molecule has 5 heteroatoms. The molecule has 1 fully saturated rings. The van der Waals surface area contributed by atoms with Crippen LogP contribution in [-0.4, -0.2) is 23.9 Å². The average Bonchev–Trinajstić information content (AvgIpc) is 3.08.